The SMILES string of the molecule is CCCCCCCC/C=C\CCCCCCCC(=O)NC(COC1OC(CO)C(OC2OC(CO)C(O)C(O)C2O)C(O)C1O)C(O)/C=C/CC/C=C/CCCCCCCCCCCC. The van der Waals surface area contributed by atoms with Crippen molar-refractivity contribution in [1.29, 1.82) is 0 Å². The molecule has 0 radical (unpaired) electrons. The predicted octanol–water partition coefficient (Wildman–Crippen LogP) is 6.71. The molecule has 0 aromatic heterocycles. The van der Waals surface area contributed by atoms with Gasteiger partial charge >= 0.3 is 0 Å². The third-order valence-corrected chi connectivity index (χ3v) is 12.5. The van der Waals surface area contributed by atoms with Gasteiger partial charge in [0, 0.05) is 6.42 Å². The lowest BCUT2D eigenvalue weighted by atomic mass is 9.97. The van der Waals surface area contributed by atoms with Gasteiger partial charge in [0.15, 0.2) is 12.6 Å². The largest absolute Gasteiger partial charge is 0.394 e. The Morgan fingerprint density at radius 1 is 0.538 bits per heavy atom. The Hall–Kier alpha value is -1.79. The summed E-state index contributed by atoms with van der Waals surface area (Å²) in [5, 5.41) is 86.7. The first-order valence-corrected chi connectivity index (χ1v) is 25.7. The van der Waals surface area contributed by atoms with E-state index in [0.717, 1.165) is 51.4 Å². The number of carbonyl (C=O) groups is 1. The van der Waals surface area contributed by atoms with Crippen LogP contribution in [0.25, 0.3) is 0 Å². The second-order valence-corrected chi connectivity index (χ2v) is 18.3. The van der Waals surface area contributed by atoms with Gasteiger partial charge in [-0.25, -0.2) is 0 Å². The summed E-state index contributed by atoms with van der Waals surface area (Å²) in [7, 11) is 0. The smallest absolute Gasteiger partial charge is 0.220 e. The van der Waals surface area contributed by atoms with Gasteiger partial charge in [-0.2, -0.15) is 0 Å². The second-order valence-electron chi connectivity index (χ2n) is 18.3. The summed E-state index contributed by atoms with van der Waals surface area (Å²) in [6.07, 6.45) is 26.1. The van der Waals surface area contributed by atoms with E-state index in [4.69, 9.17) is 18.9 Å². The summed E-state index contributed by atoms with van der Waals surface area (Å²) in [4.78, 5) is 13.2. The Bertz CT molecular complexity index is 1230. The minimum absolute atomic E-state index is 0.259. The van der Waals surface area contributed by atoms with Crippen molar-refractivity contribution in [3.8, 4) is 0 Å². The van der Waals surface area contributed by atoms with Crippen molar-refractivity contribution in [3.63, 3.8) is 0 Å². The van der Waals surface area contributed by atoms with E-state index in [1.165, 1.54) is 103 Å². The molecule has 2 heterocycles. The molecule has 0 aliphatic carbocycles. The van der Waals surface area contributed by atoms with E-state index in [-0.39, 0.29) is 18.9 Å². The van der Waals surface area contributed by atoms with Crippen molar-refractivity contribution in [2.24, 2.45) is 0 Å². The van der Waals surface area contributed by atoms with Gasteiger partial charge in [-0.05, 0) is 57.8 Å². The summed E-state index contributed by atoms with van der Waals surface area (Å²) >= 11 is 0. The van der Waals surface area contributed by atoms with Gasteiger partial charge in [-0.15, -0.1) is 0 Å². The highest BCUT2D eigenvalue weighted by Gasteiger charge is 2.51. The molecule has 380 valence electrons. The molecule has 0 aromatic carbocycles. The third kappa shape index (κ3) is 25.4. The van der Waals surface area contributed by atoms with Crippen LogP contribution in [0.3, 0.4) is 0 Å². The minimum Gasteiger partial charge on any atom is -0.394 e. The maximum atomic E-state index is 13.2. The van der Waals surface area contributed by atoms with Crippen molar-refractivity contribution in [3.05, 3.63) is 36.5 Å². The first kappa shape index (κ1) is 59.3. The van der Waals surface area contributed by atoms with Gasteiger partial charge in [-0.1, -0.05) is 159 Å². The zero-order chi connectivity index (χ0) is 47.5. The van der Waals surface area contributed by atoms with Crippen LogP contribution in [0.15, 0.2) is 36.5 Å². The van der Waals surface area contributed by atoms with E-state index in [1.54, 1.807) is 6.08 Å². The van der Waals surface area contributed by atoms with E-state index in [1.807, 2.05) is 6.08 Å². The Morgan fingerprint density at radius 2 is 0.985 bits per heavy atom. The van der Waals surface area contributed by atoms with E-state index in [2.05, 4.69) is 43.5 Å². The number of hydrogen-bond acceptors (Lipinski definition) is 13. The van der Waals surface area contributed by atoms with Crippen LogP contribution in [0.4, 0.5) is 0 Å². The molecule has 9 N–H and O–H groups in total. The Morgan fingerprint density at radius 3 is 1.51 bits per heavy atom. The minimum atomic E-state index is -1.79. The summed E-state index contributed by atoms with van der Waals surface area (Å²) in [5.41, 5.74) is 0. The van der Waals surface area contributed by atoms with Crippen molar-refractivity contribution in [2.75, 3.05) is 19.8 Å². The van der Waals surface area contributed by atoms with Gasteiger partial charge in [0.2, 0.25) is 5.91 Å². The zero-order valence-electron chi connectivity index (χ0n) is 40.2. The lowest BCUT2D eigenvalue weighted by Gasteiger charge is -2.46. The molecule has 0 bridgehead atoms. The lowest BCUT2D eigenvalue weighted by molar-refractivity contribution is -0.359. The van der Waals surface area contributed by atoms with Crippen LogP contribution in [0, 0.1) is 0 Å². The van der Waals surface area contributed by atoms with E-state index in [0.29, 0.717) is 12.8 Å². The number of nitrogens with one attached hydrogen (secondary N) is 1. The molecule has 2 aliphatic rings. The molecule has 2 aliphatic heterocycles. The number of hydrogen-bond donors (Lipinski definition) is 9. The van der Waals surface area contributed by atoms with Crippen LogP contribution >= 0.6 is 0 Å². The molecule has 1 amide bonds. The monoisotopic (exact) mass is 928 g/mol. The third-order valence-electron chi connectivity index (χ3n) is 12.5. The predicted molar refractivity (Wildman–Crippen MR) is 254 cm³/mol. The fraction of sp³-hybridized carbons (Fsp3) is 0.863. The lowest BCUT2D eigenvalue weighted by Crippen LogP contribution is -2.65. The molecular weight excluding hydrogens is 835 g/mol. The molecule has 2 fully saturated rings. The van der Waals surface area contributed by atoms with Gasteiger partial charge in [0.25, 0.3) is 0 Å². The molecule has 0 aromatic rings. The van der Waals surface area contributed by atoms with Gasteiger partial charge < -0.3 is 65.1 Å². The van der Waals surface area contributed by atoms with Crippen LogP contribution in [-0.2, 0) is 23.7 Å². The van der Waals surface area contributed by atoms with Crippen LogP contribution in [0.5, 0.6) is 0 Å². The van der Waals surface area contributed by atoms with Crippen molar-refractivity contribution in [1.82, 2.24) is 5.32 Å². The Kier molecular flexibility index (Phi) is 34.8. The molecule has 14 heteroatoms. The number of ether oxygens (including phenoxy) is 4. The molecule has 2 rings (SSSR count). The Labute approximate surface area is 391 Å². The van der Waals surface area contributed by atoms with Gasteiger partial charge in [0.05, 0.1) is 32.0 Å². The molecule has 0 saturated carbocycles. The van der Waals surface area contributed by atoms with Crippen LogP contribution in [-0.4, -0.2) is 140 Å². The number of carbonyl (C=O) groups excluding carboxylic acids is 1. The number of unbranched alkanes of at least 4 members (excludes halogenated alkanes) is 22. The average Bonchev–Trinajstić information content (AvgIpc) is 3.30. The highest BCUT2D eigenvalue weighted by molar-refractivity contribution is 5.76. The van der Waals surface area contributed by atoms with E-state index < -0.39 is 86.8 Å². The Balaban J connectivity index is 1.88. The maximum absolute atomic E-state index is 13.2. The standard InChI is InChI=1S/C51H93NO13/c1-3-5-7-9-11-13-15-17-19-21-22-24-26-28-30-32-34-40(55)39(52-43(56)35-33-31-29-27-25-23-20-18-16-14-12-10-8-6-4-2)38-62-50-48(61)46(59)49(42(37-54)64-50)65-51-47(60)45(58)44(57)41(36-53)63-51/h18,20,24,26,32,34,39-42,44-51,53-55,57-61H,3-17,19,21-23,25,27-31,33,35-38H2,1-2H3,(H,52,56)/b20-18-,26-24+,34-32+. The quantitative estimate of drug-likeness (QED) is 0.0231. The summed E-state index contributed by atoms with van der Waals surface area (Å²) in [5.74, 6) is -0.259. The second kappa shape index (κ2) is 38.1. The fourth-order valence-electron chi connectivity index (χ4n) is 8.30. The van der Waals surface area contributed by atoms with E-state index in [9.17, 15) is 45.6 Å². The van der Waals surface area contributed by atoms with Crippen LogP contribution < -0.4 is 5.32 Å². The highest BCUT2D eigenvalue weighted by atomic mass is 16.7. The first-order chi connectivity index (χ1) is 31.6. The number of allylic oxidation sites excluding steroid dienone is 5. The van der Waals surface area contributed by atoms with Crippen LogP contribution in [0.1, 0.15) is 187 Å². The molecule has 0 spiro atoms. The number of aliphatic hydroxyl groups is 8. The summed E-state index contributed by atoms with van der Waals surface area (Å²) < 4.78 is 22.7. The molecule has 14 nitrogen and oxygen atoms in total. The molecular formula is C51H93NO13. The number of aliphatic hydroxyl groups excluding tert-OH is 8. The fourth-order valence-corrected chi connectivity index (χ4v) is 8.30. The van der Waals surface area contributed by atoms with Gasteiger partial charge in [0.1, 0.15) is 48.8 Å². The first-order valence-electron chi connectivity index (χ1n) is 25.7. The average molecular weight is 928 g/mol. The molecule has 12 atom stereocenters. The van der Waals surface area contributed by atoms with Crippen molar-refractivity contribution in [2.45, 2.75) is 261 Å². The maximum Gasteiger partial charge on any atom is 0.220 e. The van der Waals surface area contributed by atoms with Gasteiger partial charge in [-0.3, -0.25) is 4.79 Å². The topological polar surface area (TPSA) is 228 Å². The number of rotatable bonds is 39. The van der Waals surface area contributed by atoms with Crippen molar-refractivity contribution >= 4 is 5.91 Å². The normalized spacial score (nSPS) is 27.3. The van der Waals surface area contributed by atoms with Crippen LogP contribution in [0.2, 0.25) is 0 Å². The summed E-state index contributed by atoms with van der Waals surface area (Å²) in [6.45, 7) is 2.75. The highest BCUT2D eigenvalue weighted by Crippen LogP contribution is 2.30. The molecule has 12 unspecified atom stereocenters. The molecule has 65 heavy (non-hydrogen) atoms. The zero-order valence-corrected chi connectivity index (χ0v) is 40.2. The van der Waals surface area contributed by atoms with E-state index >= 15 is 0 Å². The number of amides is 1. The molecule has 2 saturated heterocycles. The van der Waals surface area contributed by atoms with Crippen molar-refractivity contribution < 1.29 is 64.6 Å². The summed E-state index contributed by atoms with van der Waals surface area (Å²) in [6, 6.07) is -0.933.